The van der Waals surface area contributed by atoms with Crippen LogP contribution in [0.2, 0.25) is 0 Å². The molecular formula is C13H18ClN5O. The largest absolute Gasteiger partial charge is 0.348 e. The summed E-state index contributed by atoms with van der Waals surface area (Å²) in [6.07, 6.45) is 3.40. The molecule has 3 N–H and O–H groups in total. The van der Waals surface area contributed by atoms with Crippen LogP contribution in [0, 0.1) is 0 Å². The minimum absolute atomic E-state index is 0. The van der Waals surface area contributed by atoms with E-state index in [-0.39, 0.29) is 24.4 Å². The maximum Gasteiger partial charge on any atom is 0.237 e. The van der Waals surface area contributed by atoms with Gasteiger partial charge in [-0.05, 0) is 31.5 Å². The zero-order chi connectivity index (χ0) is 13.8. The summed E-state index contributed by atoms with van der Waals surface area (Å²) in [6.45, 7) is 3.58. The van der Waals surface area contributed by atoms with E-state index in [1.807, 2.05) is 31.2 Å². The molecule has 2 rings (SSSR count). The lowest BCUT2D eigenvalue weighted by molar-refractivity contribution is -0.122. The van der Waals surface area contributed by atoms with Crippen LogP contribution in [-0.2, 0) is 4.79 Å². The number of hydrogen-bond donors (Lipinski definition) is 2. The van der Waals surface area contributed by atoms with Crippen LogP contribution in [0.25, 0.3) is 5.69 Å². The van der Waals surface area contributed by atoms with Crippen LogP contribution in [0.1, 0.15) is 25.5 Å². The second-order valence-corrected chi connectivity index (χ2v) is 4.46. The second kappa shape index (κ2) is 7.02. The number of rotatable bonds is 4. The number of benzene rings is 1. The number of amides is 1. The van der Waals surface area contributed by atoms with Crippen LogP contribution in [-0.4, -0.2) is 26.9 Å². The molecule has 0 aliphatic rings. The number of nitrogens with two attached hydrogens (primary N) is 1. The van der Waals surface area contributed by atoms with Gasteiger partial charge >= 0.3 is 0 Å². The van der Waals surface area contributed by atoms with Gasteiger partial charge in [0.2, 0.25) is 5.91 Å². The average Bonchev–Trinajstić information content (AvgIpc) is 2.92. The highest BCUT2D eigenvalue weighted by Crippen LogP contribution is 2.15. The van der Waals surface area contributed by atoms with Gasteiger partial charge in [0.25, 0.3) is 0 Å². The highest BCUT2D eigenvalue weighted by Gasteiger charge is 2.12. The van der Waals surface area contributed by atoms with E-state index in [2.05, 4.69) is 15.6 Å². The van der Waals surface area contributed by atoms with Crippen molar-refractivity contribution in [3.63, 3.8) is 0 Å². The Bertz CT molecular complexity index is 538. The first-order chi connectivity index (χ1) is 9.08. The van der Waals surface area contributed by atoms with Crippen LogP contribution in [0.5, 0.6) is 0 Å². The Hall–Kier alpha value is -1.92. The summed E-state index contributed by atoms with van der Waals surface area (Å²) in [7, 11) is 0. The molecule has 1 heterocycles. The summed E-state index contributed by atoms with van der Waals surface area (Å²) < 4.78 is 1.68. The Morgan fingerprint density at radius 3 is 2.45 bits per heavy atom. The van der Waals surface area contributed by atoms with Crippen molar-refractivity contribution in [1.29, 1.82) is 0 Å². The van der Waals surface area contributed by atoms with E-state index in [0.717, 1.165) is 11.3 Å². The summed E-state index contributed by atoms with van der Waals surface area (Å²) in [5, 5.41) is 10.5. The van der Waals surface area contributed by atoms with Gasteiger partial charge in [-0.2, -0.15) is 0 Å². The van der Waals surface area contributed by atoms with Crippen molar-refractivity contribution < 1.29 is 4.79 Å². The number of nitrogens with zero attached hydrogens (tertiary/aromatic N) is 3. The molecule has 1 amide bonds. The maximum absolute atomic E-state index is 11.5. The number of carbonyl (C=O) groups is 1. The summed E-state index contributed by atoms with van der Waals surface area (Å²) in [6, 6.07) is 7.17. The maximum atomic E-state index is 11.5. The Morgan fingerprint density at radius 2 is 1.95 bits per heavy atom. The predicted octanol–water partition coefficient (Wildman–Crippen LogP) is 1.21. The van der Waals surface area contributed by atoms with Gasteiger partial charge in [-0.25, -0.2) is 4.68 Å². The molecule has 0 aliphatic carbocycles. The fourth-order valence-electron chi connectivity index (χ4n) is 1.69. The molecule has 0 radical (unpaired) electrons. The molecule has 7 heteroatoms. The number of hydrogen-bond acceptors (Lipinski definition) is 4. The Balaban J connectivity index is 0.00000200. The van der Waals surface area contributed by atoms with Crippen molar-refractivity contribution in [2.45, 2.75) is 25.9 Å². The molecular weight excluding hydrogens is 278 g/mol. The summed E-state index contributed by atoms with van der Waals surface area (Å²) in [4.78, 5) is 11.5. The summed E-state index contributed by atoms with van der Waals surface area (Å²) >= 11 is 0. The highest BCUT2D eigenvalue weighted by molar-refractivity contribution is 5.85. The molecule has 1 aromatic carbocycles. The van der Waals surface area contributed by atoms with Gasteiger partial charge in [0, 0.05) is 0 Å². The van der Waals surface area contributed by atoms with Crippen molar-refractivity contribution in [3.05, 3.63) is 42.2 Å². The van der Waals surface area contributed by atoms with Crippen LogP contribution < -0.4 is 11.1 Å². The molecule has 108 valence electrons. The number of aromatic nitrogens is 3. The lowest BCUT2D eigenvalue weighted by Crippen LogP contribution is -2.39. The third kappa shape index (κ3) is 3.79. The van der Waals surface area contributed by atoms with Gasteiger partial charge in [0.1, 0.15) is 0 Å². The van der Waals surface area contributed by atoms with Gasteiger partial charge in [0.15, 0.2) is 0 Å². The molecule has 0 saturated carbocycles. The first-order valence-corrected chi connectivity index (χ1v) is 6.10. The lowest BCUT2D eigenvalue weighted by atomic mass is 10.1. The monoisotopic (exact) mass is 295 g/mol. The Morgan fingerprint density at radius 1 is 1.30 bits per heavy atom. The van der Waals surface area contributed by atoms with E-state index < -0.39 is 6.04 Å². The number of carbonyl (C=O) groups excluding carboxylic acids is 1. The standard InChI is InChI=1S/C13H17N5O.ClH/c1-9(14)13(19)16-10(2)11-3-5-12(6-4-11)18-8-7-15-17-18;/h3-10H,14H2,1-2H3,(H,16,19);1H/t9-,10?;/m1./s1. The SMILES string of the molecule is CC(NC(=O)[C@@H](C)N)c1ccc(-n2ccnn2)cc1.Cl. The Labute approximate surface area is 123 Å². The van der Waals surface area contributed by atoms with Gasteiger partial charge in [-0.1, -0.05) is 17.3 Å². The molecule has 20 heavy (non-hydrogen) atoms. The quantitative estimate of drug-likeness (QED) is 0.888. The van der Waals surface area contributed by atoms with Crippen molar-refractivity contribution in [3.8, 4) is 5.69 Å². The van der Waals surface area contributed by atoms with E-state index in [0.29, 0.717) is 0 Å². The topological polar surface area (TPSA) is 85.8 Å². The van der Waals surface area contributed by atoms with E-state index in [4.69, 9.17) is 5.73 Å². The molecule has 0 aliphatic heterocycles. The second-order valence-electron chi connectivity index (χ2n) is 4.46. The van der Waals surface area contributed by atoms with Crippen molar-refractivity contribution >= 4 is 18.3 Å². The van der Waals surface area contributed by atoms with E-state index >= 15 is 0 Å². The molecule has 2 atom stereocenters. The highest BCUT2D eigenvalue weighted by atomic mass is 35.5. The fraction of sp³-hybridized carbons (Fsp3) is 0.308. The molecule has 1 aromatic heterocycles. The van der Waals surface area contributed by atoms with Crippen LogP contribution >= 0.6 is 12.4 Å². The average molecular weight is 296 g/mol. The molecule has 0 fully saturated rings. The smallest absolute Gasteiger partial charge is 0.237 e. The first kappa shape index (κ1) is 16.1. The normalized spacial score (nSPS) is 13.2. The first-order valence-electron chi connectivity index (χ1n) is 6.10. The zero-order valence-corrected chi connectivity index (χ0v) is 12.2. The predicted molar refractivity (Wildman–Crippen MR) is 78.8 cm³/mol. The van der Waals surface area contributed by atoms with Gasteiger partial charge in [0.05, 0.1) is 30.2 Å². The van der Waals surface area contributed by atoms with Crippen molar-refractivity contribution in [1.82, 2.24) is 20.3 Å². The van der Waals surface area contributed by atoms with Gasteiger partial charge in [-0.15, -0.1) is 17.5 Å². The molecule has 1 unspecified atom stereocenters. The van der Waals surface area contributed by atoms with Crippen molar-refractivity contribution in [2.75, 3.05) is 0 Å². The third-order valence-electron chi connectivity index (χ3n) is 2.85. The Kier molecular flexibility index (Phi) is 5.66. The lowest BCUT2D eigenvalue weighted by Gasteiger charge is -2.16. The van der Waals surface area contributed by atoms with E-state index in [1.54, 1.807) is 24.0 Å². The van der Waals surface area contributed by atoms with Crippen molar-refractivity contribution in [2.24, 2.45) is 5.73 Å². The van der Waals surface area contributed by atoms with Gasteiger partial charge in [-0.3, -0.25) is 4.79 Å². The minimum atomic E-state index is -0.503. The minimum Gasteiger partial charge on any atom is -0.348 e. The molecule has 0 saturated heterocycles. The number of nitrogens with one attached hydrogen (secondary N) is 1. The van der Waals surface area contributed by atoms with Crippen LogP contribution in [0.4, 0.5) is 0 Å². The van der Waals surface area contributed by atoms with Gasteiger partial charge < -0.3 is 11.1 Å². The molecule has 2 aromatic rings. The van der Waals surface area contributed by atoms with E-state index in [9.17, 15) is 4.79 Å². The molecule has 0 spiro atoms. The zero-order valence-electron chi connectivity index (χ0n) is 11.4. The summed E-state index contributed by atoms with van der Waals surface area (Å²) in [5.41, 5.74) is 7.46. The van der Waals surface area contributed by atoms with Crippen LogP contribution in [0.3, 0.4) is 0 Å². The fourth-order valence-corrected chi connectivity index (χ4v) is 1.69. The van der Waals surface area contributed by atoms with Crippen LogP contribution in [0.15, 0.2) is 36.7 Å². The molecule has 0 bridgehead atoms. The number of halogens is 1. The molecule has 6 nitrogen and oxygen atoms in total. The van der Waals surface area contributed by atoms with E-state index in [1.165, 1.54) is 0 Å². The third-order valence-corrected chi connectivity index (χ3v) is 2.85. The summed E-state index contributed by atoms with van der Waals surface area (Å²) in [5.74, 6) is -0.159.